The largest absolute Gasteiger partial charge is 0.463 e. The van der Waals surface area contributed by atoms with E-state index in [1.807, 2.05) is 93.4 Å². The molecule has 0 aliphatic rings. The van der Waals surface area contributed by atoms with Gasteiger partial charge in [-0.2, -0.15) is 0 Å². The van der Waals surface area contributed by atoms with E-state index in [-0.39, 0.29) is 43.8 Å². The number of nitrogens with zero attached hydrogens (tertiary/aromatic N) is 1. The Labute approximate surface area is 358 Å². The minimum atomic E-state index is -0.836. The second-order valence-corrected chi connectivity index (χ2v) is 15.9. The predicted molar refractivity (Wildman–Crippen MR) is 233 cm³/mol. The van der Waals surface area contributed by atoms with Gasteiger partial charge in [-0.15, -0.1) is 0 Å². The fraction of sp³-hybridized carbons (Fsp3) is 0.630. The quantitative estimate of drug-likeness (QED) is 0.0361. The molecule has 0 aromatic heterocycles. The molecule has 0 aliphatic heterocycles. The summed E-state index contributed by atoms with van der Waals surface area (Å²) in [6.45, 7) is 14.3. The van der Waals surface area contributed by atoms with Crippen LogP contribution in [-0.2, 0) is 46.5 Å². The first-order chi connectivity index (χ1) is 28.8. The lowest BCUT2D eigenvalue weighted by molar-refractivity contribution is -0.150. The van der Waals surface area contributed by atoms with Crippen LogP contribution in [-0.4, -0.2) is 99.0 Å². The molecule has 0 aliphatic carbocycles. The van der Waals surface area contributed by atoms with Gasteiger partial charge in [-0.05, 0) is 89.3 Å². The first-order valence-corrected chi connectivity index (χ1v) is 21.8. The average Bonchev–Trinajstić information content (AvgIpc) is 3.26. The van der Waals surface area contributed by atoms with Crippen molar-refractivity contribution in [1.82, 2.24) is 26.2 Å². The molecule has 2 aromatic carbocycles. The standard InChI is InChI=1S/C46H73N5O9/c1-8-45(5,9-2)42(54)49-38(26-18-20-28-47-43(55)59-34-36-22-14-12-15-23-36)40(52)57-32-30-51(7)31-33-58-41(53)39(50-46(6,10-3)11-4)27-19-21-29-48-44(56)60-35-37-24-16-13-17-25-37/h12-17,22-25,38-39,50H,8-11,18-21,26-35H2,1-7H3,(H,47,55)(H,48,56)(H,49,54). The average molecular weight is 840 g/mol. The lowest BCUT2D eigenvalue weighted by atomic mass is 9.83. The Morgan fingerprint density at radius 1 is 0.600 bits per heavy atom. The number of hydrogen-bond acceptors (Lipinski definition) is 11. The third-order valence-corrected chi connectivity index (χ3v) is 11.3. The number of hydrogen-bond donors (Lipinski definition) is 4. The van der Waals surface area contributed by atoms with Gasteiger partial charge in [-0.3, -0.25) is 19.8 Å². The van der Waals surface area contributed by atoms with Crippen molar-refractivity contribution < 1.29 is 42.9 Å². The maximum Gasteiger partial charge on any atom is 0.407 e. The van der Waals surface area contributed by atoms with Gasteiger partial charge in [0, 0.05) is 37.1 Å². The monoisotopic (exact) mass is 840 g/mol. The van der Waals surface area contributed by atoms with Crippen molar-refractivity contribution in [3.63, 3.8) is 0 Å². The van der Waals surface area contributed by atoms with Gasteiger partial charge in [0.2, 0.25) is 5.91 Å². The van der Waals surface area contributed by atoms with Gasteiger partial charge in [0.25, 0.3) is 0 Å². The zero-order chi connectivity index (χ0) is 44.2. The Bertz CT molecular complexity index is 1540. The van der Waals surface area contributed by atoms with Crippen LogP contribution in [0.5, 0.6) is 0 Å². The van der Waals surface area contributed by atoms with Crippen LogP contribution in [0.2, 0.25) is 0 Å². The number of esters is 2. The number of ether oxygens (including phenoxy) is 4. The van der Waals surface area contributed by atoms with Crippen molar-refractivity contribution in [1.29, 1.82) is 0 Å². The highest BCUT2D eigenvalue weighted by Gasteiger charge is 2.33. The van der Waals surface area contributed by atoms with Gasteiger partial charge >= 0.3 is 24.1 Å². The van der Waals surface area contributed by atoms with Crippen molar-refractivity contribution in [2.75, 3.05) is 46.4 Å². The highest BCUT2D eigenvalue weighted by molar-refractivity contribution is 5.87. The highest BCUT2D eigenvalue weighted by atomic mass is 16.6. The van der Waals surface area contributed by atoms with Crippen LogP contribution in [0.4, 0.5) is 9.59 Å². The summed E-state index contributed by atoms with van der Waals surface area (Å²) in [6.07, 6.45) is 5.34. The number of nitrogens with one attached hydrogen (secondary N) is 4. The second kappa shape index (κ2) is 28.7. The van der Waals surface area contributed by atoms with Crippen molar-refractivity contribution in [2.45, 2.75) is 137 Å². The van der Waals surface area contributed by atoms with E-state index in [9.17, 15) is 24.0 Å². The smallest absolute Gasteiger partial charge is 0.407 e. The molecule has 0 spiro atoms. The molecule has 60 heavy (non-hydrogen) atoms. The number of rotatable bonds is 30. The van der Waals surface area contributed by atoms with Crippen LogP contribution in [0.15, 0.2) is 60.7 Å². The maximum absolute atomic E-state index is 13.3. The van der Waals surface area contributed by atoms with Gasteiger partial charge in [0.1, 0.15) is 38.5 Å². The minimum absolute atomic E-state index is 0.0899. The van der Waals surface area contributed by atoms with E-state index in [0.29, 0.717) is 77.5 Å². The predicted octanol–water partition coefficient (Wildman–Crippen LogP) is 7.05. The molecule has 0 saturated heterocycles. The number of unbranched alkanes of at least 4 members (excludes halogenated alkanes) is 2. The van der Waals surface area contributed by atoms with E-state index in [1.54, 1.807) is 0 Å². The summed E-state index contributed by atoms with van der Waals surface area (Å²) in [5.41, 5.74) is 0.955. The summed E-state index contributed by atoms with van der Waals surface area (Å²) in [5.74, 6) is -1.05. The lowest BCUT2D eigenvalue weighted by Gasteiger charge is -2.33. The van der Waals surface area contributed by atoms with Crippen LogP contribution < -0.4 is 21.3 Å². The van der Waals surface area contributed by atoms with E-state index in [1.165, 1.54) is 0 Å². The molecular weight excluding hydrogens is 767 g/mol. The molecule has 4 N–H and O–H groups in total. The Morgan fingerprint density at radius 3 is 1.47 bits per heavy atom. The lowest BCUT2D eigenvalue weighted by Crippen LogP contribution is -2.51. The van der Waals surface area contributed by atoms with Crippen molar-refractivity contribution in [2.24, 2.45) is 5.41 Å². The van der Waals surface area contributed by atoms with Crippen LogP contribution in [0.1, 0.15) is 117 Å². The van der Waals surface area contributed by atoms with Gasteiger partial charge < -0.3 is 34.9 Å². The zero-order valence-electron chi connectivity index (χ0n) is 37.3. The fourth-order valence-corrected chi connectivity index (χ4v) is 6.07. The van der Waals surface area contributed by atoms with Crippen LogP contribution in [0.3, 0.4) is 0 Å². The molecule has 0 saturated carbocycles. The molecule has 2 atom stereocenters. The highest BCUT2D eigenvalue weighted by Crippen LogP contribution is 2.26. The summed E-state index contributed by atoms with van der Waals surface area (Å²) in [7, 11) is 1.85. The van der Waals surface area contributed by atoms with Gasteiger partial charge in [-0.1, -0.05) is 95.3 Å². The third kappa shape index (κ3) is 20.5. The molecule has 3 amide bonds. The Kier molecular flexibility index (Phi) is 24.6. The molecule has 2 aromatic rings. The summed E-state index contributed by atoms with van der Waals surface area (Å²) in [6, 6.07) is 17.5. The van der Waals surface area contributed by atoms with E-state index in [2.05, 4.69) is 42.0 Å². The number of likely N-dealkylation sites (N-methyl/N-ethyl adjacent to an activating group) is 1. The van der Waals surface area contributed by atoms with Gasteiger partial charge in [0.05, 0.1) is 0 Å². The van der Waals surface area contributed by atoms with Crippen molar-refractivity contribution in [3.8, 4) is 0 Å². The molecular formula is C46H73N5O9. The topological polar surface area (TPSA) is 174 Å². The van der Waals surface area contributed by atoms with Crippen LogP contribution in [0.25, 0.3) is 0 Å². The molecule has 2 unspecified atom stereocenters. The molecule has 0 heterocycles. The molecule has 14 nitrogen and oxygen atoms in total. The van der Waals surface area contributed by atoms with E-state index in [0.717, 1.165) is 24.0 Å². The molecule has 0 bridgehead atoms. The van der Waals surface area contributed by atoms with E-state index < -0.39 is 35.7 Å². The number of carbonyl (C=O) groups excluding carboxylic acids is 5. The van der Waals surface area contributed by atoms with Crippen molar-refractivity contribution in [3.05, 3.63) is 71.8 Å². The van der Waals surface area contributed by atoms with Gasteiger partial charge in [-0.25, -0.2) is 14.4 Å². The van der Waals surface area contributed by atoms with E-state index >= 15 is 0 Å². The Hall–Kier alpha value is -4.69. The SMILES string of the molecule is CCC(C)(CC)NC(CCCCNC(=O)OCc1ccccc1)C(=O)OCCN(C)CCOC(=O)C(CCCCNC(=O)OCc1ccccc1)NC(=O)C(C)(CC)CC. The summed E-state index contributed by atoms with van der Waals surface area (Å²) in [5, 5.41) is 12.0. The fourth-order valence-electron chi connectivity index (χ4n) is 6.07. The van der Waals surface area contributed by atoms with E-state index in [4.69, 9.17) is 18.9 Å². The zero-order valence-corrected chi connectivity index (χ0v) is 37.3. The minimum Gasteiger partial charge on any atom is -0.463 e. The maximum atomic E-state index is 13.3. The summed E-state index contributed by atoms with van der Waals surface area (Å²) < 4.78 is 21.9. The number of benzene rings is 2. The number of alkyl carbamates (subject to hydrolysis) is 2. The third-order valence-electron chi connectivity index (χ3n) is 11.3. The molecule has 2 rings (SSSR count). The Morgan fingerprint density at radius 2 is 1.03 bits per heavy atom. The molecule has 336 valence electrons. The van der Waals surface area contributed by atoms with Crippen LogP contribution in [0, 0.1) is 5.41 Å². The molecule has 0 fully saturated rings. The van der Waals surface area contributed by atoms with Gasteiger partial charge in [0.15, 0.2) is 0 Å². The summed E-state index contributed by atoms with van der Waals surface area (Å²) >= 11 is 0. The normalized spacial score (nSPS) is 12.5. The first-order valence-electron chi connectivity index (χ1n) is 21.8. The first kappa shape index (κ1) is 51.5. The van der Waals surface area contributed by atoms with Crippen LogP contribution >= 0.6 is 0 Å². The van der Waals surface area contributed by atoms with Crippen molar-refractivity contribution >= 4 is 30.0 Å². The molecule has 0 radical (unpaired) electrons. The number of carbonyl (C=O) groups is 5. The molecule has 14 heteroatoms. The number of amides is 3. The second-order valence-electron chi connectivity index (χ2n) is 15.9. The summed E-state index contributed by atoms with van der Waals surface area (Å²) in [4.78, 5) is 66.0. The Balaban J connectivity index is 1.80.